The summed E-state index contributed by atoms with van der Waals surface area (Å²) in [7, 11) is -3.89. The molecule has 0 saturated heterocycles. The Labute approximate surface area is 278 Å². The third kappa shape index (κ3) is 6.00. The summed E-state index contributed by atoms with van der Waals surface area (Å²) in [5.74, 6) is 1.92. The van der Waals surface area contributed by atoms with E-state index >= 15 is 0 Å². The molecule has 0 atom stereocenters. The zero-order valence-corrected chi connectivity index (χ0v) is 27.4. The number of aromatic nitrogens is 2. The number of halogens is 2. The van der Waals surface area contributed by atoms with Gasteiger partial charge < -0.3 is 9.67 Å². The molecule has 1 aromatic heterocycles. The number of imidazole rings is 1. The summed E-state index contributed by atoms with van der Waals surface area (Å²) in [6.45, 7) is 2.28. The summed E-state index contributed by atoms with van der Waals surface area (Å²) in [6, 6.07) is 29.8. The summed E-state index contributed by atoms with van der Waals surface area (Å²) in [5.41, 5.74) is 7.49. The van der Waals surface area contributed by atoms with Crippen molar-refractivity contribution in [2.24, 2.45) is 5.92 Å². The molecule has 234 valence electrons. The first-order chi connectivity index (χ1) is 22.2. The van der Waals surface area contributed by atoms with Crippen molar-refractivity contribution in [3.8, 4) is 28.1 Å². The largest absolute Gasteiger partial charge is 0.493 e. The van der Waals surface area contributed by atoms with Crippen molar-refractivity contribution >= 4 is 39.1 Å². The lowest BCUT2D eigenvalue weighted by molar-refractivity contribution is 0.256. The van der Waals surface area contributed by atoms with Crippen LogP contribution in [0.4, 0.5) is 5.69 Å². The predicted molar refractivity (Wildman–Crippen MR) is 185 cm³/mol. The molecule has 4 aromatic carbocycles. The monoisotopic (exact) mass is 670 g/mol. The van der Waals surface area contributed by atoms with Crippen molar-refractivity contribution in [3.63, 3.8) is 0 Å². The minimum atomic E-state index is -3.89. The molecule has 0 unspecified atom stereocenters. The molecule has 7 rings (SSSR count). The van der Waals surface area contributed by atoms with Crippen LogP contribution in [0.3, 0.4) is 0 Å². The average molecular weight is 672 g/mol. The number of aliphatic hydroxyl groups is 1. The Bertz CT molecular complexity index is 2030. The standard InChI is InChI=1S/C36H32Cl2N4O3S/c1-2-23-17-28(18-23)27-9-7-26(8-10-27)25-5-3-24(4-6-25)19-35-39-34(32-16-11-29(37)20-33(32)38)21-41(35)30-12-14-31(15-13-30)42-22-36(43)40-46(42,44)45/h3-16,20-23,28,40,43H,2,17-19H2,1H3. The van der Waals surface area contributed by atoms with Gasteiger partial charge in [0.15, 0.2) is 0 Å². The smallest absolute Gasteiger partial charge is 0.330 e. The quantitative estimate of drug-likeness (QED) is 0.172. The molecule has 5 aromatic rings. The van der Waals surface area contributed by atoms with Crippen LogP contribution in [0.2, 0.25) is 10.0 Å². The van der Waals surface area contributed by atoms with Crippen LogP contribution in [0.15, 0.2) is 109 Å². The third-order valence-electron chi connectivity index (χ3n) is 8.95. The predicted octanol–water partition coefficient (Wildman–Crippen LogP) is 9.02. The van der Waals surface area contributed by atoms with Crippen LogP contribution >= 0.6 is 23.2 Å². The summed E-state index contributed by atoms with van der Waals surface area (Å²) in [4.78, 5) is 4.98. The zero-order chi connectivity index (χ0) is 32.0. The van der Waals surface area contributed by atoms with Crippen molar-refractivity contribution in [3.05, 3.63) is 136 Å². The Morgan fingerprint density at radius 3 is 2.15 bits per heavy atom. The molecule has 0 radical (unpaired) electrons. The number of rotatable bonds is 8. The lowest BCUT2D eigenvalue weighted by Gasteiger charge is -2.35. The van der Waals surface area contributed by atoms with Gasteiger partial charge in [0.05, 0.1) is 22.6 Å². The fourth-order valence-electron chi connectivity index (χ4n) is 6.24. The summed E-state index contributed by atoms with van der Waals surface area (Å²) in [5, 5.41) is 10.7. The van der Waals surface area contributed by atoms with Crippen molar-refractivity contribution in [1.29, 1.82) is 0 Å². The molecular weight excluding hydrogens is 639 g/mol. The molecule has 0 spiro atoms. The second kappa shape index (κ2) is 12.2. The molecular formula is C36H32Cl2N4O3S. The first-order valence-corrected chi connectivity index (χ1v) is 17.4. The number of hydrogen-bond donors (Lipinski definition) is 2. The molecule has 0 bridgehead atoms. The van der Waals surface area contributed by atoms with Gasteiger partial charge in [-0.15, -0.1) is 0 Å². The Kier molecular flexibility index (Phi) is 8.05. The number of benzene rings is 4. The molecule has 1 fully saturated rings. The van der Waals surface area contributed by atoms with Crippen LogP contribution in [-0.2, 0) is 16.6 Å². The molecule has 46 heavy (non-hydrogen) atoms. The lowest BCUT2D eigenvalue weighted by atomic mass is 9.70. The summed E-state index contributed by atoms with van der Waals surface area (Å²) in [6.07, 6.45) is 7.47. The number of anilines is 1. The van der Waals surface area contributed by atoms with Crippen LogP contribution in [-0.4, -0.2) is 23.1 Å². The fourth-order valence-corrected chi connectivity index (χ4v) is 7.80. The molecule has 1 saturated carbocycles. The van der Waals surface area contributed by atoms with E-state index in [1.165, 1.54) is 30.4 Å². The molecule has 2 heterocycles. The second-order valence-electron chi connectivity index (χ2n) is 11.9. The van der Waals surface area contributed by atoms with Crippen LogP contribution in [0.5, 0.6) is 0 Å². The van der Waals surface area contributed by atoms with Gasteiger partial charge in [0, 0.05) is 28.9 Å². The second-order valence-corrected chi connectivity index (χ2v) is 14.3. The summed E-state index contributed by atoms with van der Waals surface area (Å²) >= 11 is 12.7. The van der Waals surface area contributed by atoms with Gasteiger partial charge in [0.2, 0.25) is 5.88 Å². The Balaban J connectivity index is 1.16. The molecule has 2 aliphatic rings. The Morgan fingerprint density at radius 1 is 0.891 bits per heavy atom. The first kappa shape index (κ1) is 30.4. The highest BCUT2D eigenvalue weighted by Gasteiger charge is 2.29. The molecule has 1 aliphatic carbocycles. The molecule has 7 nitrogen and oxygen atoms in total. The zero-order valence-electron chi connectivity index (χ0n) is 25.1. The van der Waals surface area contributed by atoms with Crippen LogP contribution in [0.1, 0.15) is 49.1 Å². The normalized spacial score (nSPS) is 18.6. The van der Waals surface area contributed by atoms with Gasteiger partial charge in [-0.2, -0.15) is 8.42 Å². The molecule has 10 heteroatoms. The third-order valence-corrected chi connectivity index (χ3v) is 10.8. The van der Waals surface area contributed by atoms with Crippen molar-refractivity contribution in [2.75, 3.05) is 4.31 Å². The summed E-state index contributed by atoms with van der Waals surface area (Å²) < 4.78 is 29.7. The number of hydrogen-bond acceptors (Lipinski definition) is 4. The molecule has 2 N–H and O–H groups in total. The van der Waals surface area contributed by atoms with E-state index in [9.17, 15) is 13.5 Å². The van der Waals surface area contributed by atoms with Crippen LogP contribution in [0.25, 0.3) is 28.1 Å². The van der Waals surface area contributed by atoms with Crippen LogP contribution < -0.4 is 9.03 Å². The van der Waals surface area contributed by atoms with E-state index in [1.54, 1.807) is 24.3 Å². The van der Waals surface area contributed by atoms with E-state index in [2.05, 4.69) is 60.2 Å². The fraction of sp³-hybridized carbons (Fsp3) is 0.194. The van der Waals surface area contributed by atoms with Gasteiger partial charge >= 0.3 is 10.2 Å². The Hall–Kier alpha value is -4.24. The van der Waals surface area contributed by atoms with Gasteiger partial charge in [-0.3, -0.25) is 0 Å². The minimum Gasteiger partial charge on any atom is -0.493 e. The maximum atomic E-state index is 12.4. The molecule has 1 aliphatic heterocycles. The van der Waals surface area contributed by atoms with E-state index in [0.717, 1.165) is 44.6 Å². The topological polar surface area (TPSA) is 87.5 Å². The minimum absolute atomic E-state index is 0.379. The number of nitrogens with one attached hydrogen (secondary N) is 1. The maximum Gasteiger partial charge on any atom is 0.330 e. The molecule has 0 amide bonds. The average Bonchev–Trinajstić information content (AvgIpc) is 3.55. The van der Waals surface area contributed by atoms with Gasteiger partial charge in [-0.05, 0) is 89.4 Å². The van der Waals surface area contributed by atoms with Crippen molar-refractivity contribution < 1.29 is 13.5 Å². The van der Waals surface area contributed by atoms with Gasteiger partial charge in [-0.25, -0.2) is 14.0 Å². The highest BCUT2D eigenvalue weighted by molar-refractivity contribution is 7.91. The van der Waals surface area contributed by atoms with Gasteiger partial charge in [0.25, 0.3) is 0 Å². The highest BCUT2D eigenvalue weighted by Crippen LogP contribution is 2.43. The first-order valence-electron chi connectivity index (χ1n) is 15.2. The lowest BCUT2D eigenvalue weighted by Crippen LogP contribution is -2.29. The van der Waals surface area contributed by atoms with Crippen molar-refractivity contribution in [2.45, 2.75) is 38.5 Å². The highest BCUT2D eigenvalue weighted by atomic mass is 35.5. The number of nitrogens with zero attached hydrogens (tertiary/aromatic N) is 3. The number of aliphatic hydroxyl groups excluding tert-OH is 1. The van der Waals surface area contributed by atoms with E-state index < -0.39 is 16.1 Å². The van der Waals surface area contributed by atoms with Gasteiger partial charge in [-0.1, -0.05) is 85.1 Å². The van der Waals surface area contributed by atoms with Crippen LogP contribution in [0, 0.1) is 5.92 Å². The maximum absolute atomic E-state index is 12.4. The SMILES string of the molecule is CCC1CC(c2ccc(-c3ccc(Cc4nc(-c5ccc(Cl)cc5Cl)cn4-c4ccc(N5C=C(O)NS5(=O)=O)cc4)cc3)cc2)C1. The van der Waals surface area contributed by atoms with E-state index in [0.29, 0.717) is 33.8 Å². The Morgan fingerprint density at radius 2 is 1.54 bits per heavy atom. The van der Waals surface area contributed by atoms with Gasteiger partial charge in [0.1, 0.15) is 5.82 Å². The van der Waals surface area contributed by atoms with Crippen molar-refractivity contribution in [1.82, 2.24) is 14.3 Å². The van der Waals surface area contributed by atoms with E-state index in [-0.39, 0.29) is 0 Å². The van der Waals surface area contributed by atoms with E-state index in [4.69, 9.17) is 28.2 Å². The van der Waals surface area contributed by atoms with E-state index in [1.807, 2.05) is 29.0 Å².